The van der Waals surface area contributed by atoms with E-state index < -0.39 is 11.7 Å². The Morgan fingerprint density at radius 3 is 2.09 bits per heavy atom. The maximum absolute atomic E-state index is 12.6. The molecular weight excluding hydrogens is 385 g/mol. The molecule has 1 heterocycles. The molecule has 0 aliphatic heterocycles. The van der Waals surface area contributed by atoms with Gasteiger partial charge in [0.05, 0.1) is 10.4 Å². The third-order valence-corrected chi connectivity index (χ3v) is 5.99. The minimum atomic E-state index is -4.30. The summed E-state index contributed by atoms with van der Waals surface area (Å²) in [6, 6.07) is 19.3. The summed E-state index contributed by atoms with van der Waals surface area (Å²) >= 11 is 5.21. The van der Waals surface area contributed by atoms with Gasteiger partial charge in [0.15, 0.2) is 0 Å². The van der Waals surface area contributed by atoms with Crippen LogP contribution in [0.2, 0.25) is 0 Å². The first-order valence-electron chi connectivity index (χ1n) is 6.91. The summed E-state index contributed by atoms with van der Waals surface area (Å²) in [5.41, 5.74) is 1.31. The molecule has 0 nitrogen and oxygen atoms in total. The van der Waals surface area contributed by atoms with Crippen molar-refractivity contribution in [2.45, 2.75) is 11.0 Å². The topological polar surface area (TPSA) is 0 Å². The maximum atomic E-state index is 12.6. The Balaban J connectivity index is 1.84. The number of benzene rings is 2. The molecule has 3 rings (SSSR count). The lowest BCUT2D eigenvalue weighted by atomic mass is 10.1. The lowest BCUT2D eigenvalue weighted by Gasteiger charge is -2.11. The normalized spacial score (nSPS) is 13.0. The molecular formula is C18H12BrF3S. The number of rotatable bonds is 3. The first-order chi connectivity index (χ1) is 10.9. The zero-order valence-electron chi connectivity index (χ0n) is 11.8. The van der Waals surface area contributed by atoms with Gasteiger partial charge >= 0.3 is 6.18 Å². The highest BCUT2D eigenvalue weighted by Crippen LogP contribution is 2.39. The van der Waals surface area contributed by atoms with Crippen molar-refractivity contribution >= 4 is 27.3 Å². The highest BCUT2D eigenvalue weighted by Gasteiger charge is 2.30. The number of alkyl halides is 4. The van der Waals surface area contributed by atoms with E-state index in [2.05, 4.69) is 15.9 Å². The quantitative estimate of drug-likeness (QED) is 0.421. The predicted molar refractivity (Wildman–Crippen MR) is 92.0 cm³/mol. The molecule has 0 bridgehead atoms. The van der Waals surface area contributed by atoms with Crippen molar-refractivity contribution in [3.63, 3.8) is 0 Å². The molecule has 0 radical (unpaired) electrons. The van der Waals surface area contributed by atoms with Crippen molar-refractivity contribution in [3.8, 4) is 10.4 Å². The highest BCUT2D eigenvalue weighted by atomic mass is 79.9. The van der Waals surface area contributed by atoms with Crippen LogP contribution in [0.3, 0.4) is 0 Å². The van der Waals surface area contributed by atoms with Crippen molar-refractivity contribution in [3.05, 3.63) is 82.7 Å². The van der Waals surface area contributed by atoms with Crippen molar-refractivity contribution in [2.24, 2.45) is 0 Å². The Morgan fingerprint density at radius 2 is 1.48 bits per heavy atom. The lowest BCUT2D eigenvalue weighted by Crippen LogP contribution is -2.04. The fourth-order valence-corrected chi connectivity index (χ4v) is 4.01. The van der Waals surface area contributed by atoms with Crippen LogP contribution in [-0.4, -0.2) is 0 Å². The number of hydrogen-bond acceptors (Lipinski definition) is 1. The Hall–Kier alpha value is -1.59. The van der Waals surface area contributed by atoms with E-state index in [0.717, 1.165) is 33.0 Å². The molecule has 0 aliphatic carbocycles. The van der Waals surface area contributed by atoms with Crippen LogP contribution in [0.1, 0.15) is 20.8 Å². The number of thiophene rings is 1. The van der Waals surface area contributed by atoms with E-state index in [9.17, 15) is 13.2 Å². The van der Waals surface area contributed by atoms with Crippen LogP contribution in [0, 0.1) is 0 Å². The molecule has 0 fully saturated rings. The molecule has 23 heavy (non-hydrogen) atoms. The smallest absolute Gasteiger partial charge is 0.166 e. The van der Waals surface area contributed by atoms with Crippen molar-refractivity contribution in [2.75, 3.05) is 0 Å². The van der Waals surface area contributed by atoms with E-state index in [-0.39, 0.29) is 4.83 Å². The Morgan fingerprint density at radius 1 is 0.826 bits per heavy atom. The van der Waals surface area contributed by atoms with E-state index in [1.165, 1.54) is 12.1 Å². The van der Waals surface area contributed by atoms with E-state index in [1.807, 2.05) is 42.5 Å². The molecule has 0 amide bonds. The van der Waals surface area contributed by atoms with Gasteiger partial charge in [0, 0.05) is 9.75 Å². The van der Waals surface area contributed by atoms with Gasteiger partial charge in [-0.25, -0.2) is 0 Å². The molecule has 0 saturated carbocycles. The van der Waals surface area contributed by atoms with Gasteiger partial charge in [0.2, 0.25) is 0 Å². The lowest BCUT2D eigenvalue weighted by molar-refractivity contribution is -0.137. The average Bonchev–Trinajstić information content (AvgIpc) is 3.04. The maximum Gasteiger partial charge on any atom is 0.416 e. The zero-order chi connectivity index (χ0) is 16.4. The third-order valence-electron chi connectivity index (χ3n) is 3.47. The largest absolute Gasteiger partial charge is 0.416 e. The van der Waals surface area contributed by atoms with Crippen molar-refractivity contribution in [1.82, 2.24) is 0 Å². The van der Waals surface area contributed by atoms with Crippen molar-refractivity contribution in [1.29, 1.82) is 0 Å². The number of hydrogen-bond donors (Lipinski definition) is 0. The highest BCUT2D eigenvalue weighted by molar-refractivity contribution is 9.09. The van der Waals surface area contributed by atoms with Gasteiger partial charge in [-0.15, -0.1) is 11.3 Å². The molecule has 5 heteroatoms. The van der Waals surface area contributed by atoms with Gasteiger partial charge in [-0.1, -0.05) is 58.4 Å². The van der Waals surface area contributed by atoms with Crippen LogP contribution in [-0.2, 0) is 6.18 Å². The summed E-state index contributed by atoms with van der Waals surface area (Å²) in [6.45, 7) is 0. The molecule has 0 N–H and O–H groups in total. The summed E-state index contributed by atoms with van der Waals surface area (Å²) in [5.74, 6) is 0. The molecule has 2 aromatic carbocycles. The minimum Gasteiger partial charge on any atom is -0.166 e. The molecule has 118 valence electrons. The first kappa shape index (κ1) is 16.3. The molecule has 3 aromatic rings. The molecule has 1 atom stereocenters. The van der Waals surface area contributed by atoms with Crippen LogP contribution < -0.4 is 0 Å². The van der Waals surface area contributed by atoms with Crippen LogP contribution >= 0.6 is 27.3 Å². The second kappa shape index (κ2) is 6.49. The van der Waals surface area contributed by atoms with Gasteiger partial charge in [-0.2, -0.15) is 13.2 Å². The molecule has 0 spiro atoms. The zero-order valence-corrected chi connectivity index (χ0v) is 14.3. The van der Waals surface area contributed by atoms with Crippen LogP contribution in [0.4, 0.5) is 13.2 Å². The Bertz CT molecular complexity index is 776. The molecule has 0 saturated heterocycles. The third kappa shape index (κ3) is 3.67. The summed E-state index contributed by atoms with van der Waals surface area (Å²) in [6.07, 6.45) is -4.30. The van der Waals surface area contributed by atoms with E-state index >= 15 is 0 Å². The monoisotopic (exact) mass is 396 g/mol. The Kier molecular flexibility index (Phi) is 4.60. The fourth-order valence-electron chi connectivity index (χ4n) is 2.25. The molecule has 1 unspecified atom stereocenters. The Labute approximate surface area is 144 Å². The predicted octanol–water partition coefficient (Wildman–Crippen LogP) is 6.92. The molecule has 0 aliphatic rings. The number of halogens is 4. The van der Waals surface area contributed by atoms with Gasteiger partial charge in [0.25, 0.3) is 0 Å². The van der Waals surface area contributed by atoms with E-state index in [4.69, 9.17) is 0 Å². The van der Waals surface area contributed by atoms with Gasteiger partial charge < -0.3 is 0 Å². The summed E-state index contributed by atoms with van der Waals surface area (Å²) in [7, 11) is 0. The molecule has 1 aromatic heterocycles. The second-order valence-electron chi connectivity index (χ2n) is 5.05. The van der Waals surface area contributed by atoms with Crippen LogP contribution in [0.15, 0.2) is 66.7 Å². The summed E-state index contributed by atoms with van der Waals surface area (Å²) < 4.78 is 37.9. The van der Waals surface area contributed by atoms with Crippen LogP contribution in [0.25, 0.3) is 10.4 Å². The summed E-state index contributed by atoms with van der Waals surface area (Å²) in [4.78, 5) is 2.08. The standard InChI is InChI=1S/C18H12BrF3S/c19-17(13-6-8-14(9-7-13)18(20,21)22)16-11-10-15(23-16)12-4-2-1-3-5-12/h1-11,17H. The van der Waals surface area contributed by atoms with E-state index in [1.54, 1.807) is 11.3 Å². The van der Waals surface area contributed by atoms with Crippen molar-refractivity contribution < 1.29 is 13.2 Å². The SMILES string of the molecule is FC(F)(F)c1ccc(C(Br)c2ccc(-c3ccccc3)s2)cc1. The van der Waals surface area contributed by atoms with Gasteiger partial charge in [-0.3, -0.25) is 0 Å². The fraction of sp³-hybridized carbons (Fsp3) is 0.111. The van der Waals surface area contributed by atoms with Gasteiger partial charge in [-0.05, 0) is 35.4 Å². The minimum absolute atomic E-state index is 0.118. The summed E-state index contributed by atoms with van der Waals surface area (Å²) in [5, 5.41) is 0. The van der Waals surface area contributed by atoms with Crippen LogP contribution in [0.5, 0.6) is 0 Å². The first-order valence-corrected chi connectivity index (χ1v) is 8.65. The van der Waals surface area contributed by atoms with Gasteiger partial charge in [0.1, 0.15) is 0 Å². The average molecular weight is 397 g/mol. The van der Waals surface area contributed by atoms with E-state index in [0.29, 0.717) is 0 Å². The second-order valence-corrected chi connectivity index (χ2v) is 7.08.